The van der Waals surface area contributed by atoms with Crippen LogP contribution in [0.1, 0.15) is 23.6 Å². The minimum absolute atomic E-state index is 0.0197. The molecule has 0 saturated heterocycles. The average Bonchev–Trinajstić information content (AvgIpc) is 2.53. The maximum absolute atomic E-state index is 12.7. The fourth-order valence-electron chi connectivity index (χ4n) is 2.42. The van der Waals surface area contributed by atoms with Gasteiger partial charge in [-0.15, -0.1) is 0 Å². The Balaban J connectivity index is 2.02. The summed E-state index contributed by atoms with van der Waals surface area (Å²) in [6.07, 6.45) is -3.62. The quantitative estimate of drug-likeness (QED) is 0.836. The molecule has 0 aliphatic carbocycles. The zero-order valence-electron chi connectivity index (χ0n) is 13.5. The number of carbonyl (C=O) groups is 1. The monoisotopic (exact) mass is 336 g/mol. The van der Waals surface area contributed by atoms with E-state index >= 15 is 0 Å². The molecule has 0 unspecified atom stereocenters. The Labute approximate surface area is 138 Å². The number of para-hydroxylation sites is 1. The second-order valence-electron chi connectivity index (χ2n) is 5.44. The highest BCUT2D eigenvalue weighted by Gasteiger charge is 2.30. The van der Waals surface area contributed by atoms with Crippen LogP contribution in [0.2, 0.25) is 0 Å². The second-order valence-corrected chi connectivity index (χ2v) is 5.44. The highest BCUT2D eigenvalue weighted by molar-refractivity contribution is 5.94. The number of rotatable bonds is 5. The van der Waals surface area contributed by atoms with Crippen LogP contribution in [-0.2, 0) is 17.4 Å². The second kappa shape index (κ2) is 7.38. The van der Waals surface area contributed by atoms with Crippen LogP contribution in [0.25, 0.3) is 0 Å². The van der Waals surface area contributed by atoms with Crippen molar-refractivity contribution in [2.24, 2.45) is 0 Å². The van der Waals surface area contributed by atoms with Gasteiger partial charge in [-0.3, -0.25) is 4.79 Å². The highest BCUT2D eigenvalue weighted by atomic mass is 19.4. The Bertz CT molecular complexity index is 726. The number of benzene rings is 2. The molecule has 0 atom stereocenters. The molecule has 24 heavy (non-hydrogen) atoms. The first-order chi connectivity index (χ1) is 11.3. The zero-order chi connectivity index (χ0) is 17.7. The fourth-order valence-corrected chi connectivity index (χ4v) is 2.42. The van der Waals surface area contributed by atoms with Crippen molar-refractivity contribution in [1.29, 1.82) is 0 Å². The predicted octanol–water partition coefficient (Wildman–Crippen LogP) is 4.63. The summed E-state index contributed by atoms with van der Waals surface area (Å²) in [5.74, 6) is -0.403. The number of alkyl halides is 3. The van der Waals surface area contributed by atoms with Gasteiger partial charge in [0.2, 0.25) is 5.91 Å². The zero-order valence-corrected chi connectivity index (χ0v) is 13.5. The molecule has 2 aromatic carbocycles. The van der Waals surface area contributed by atoms with Crippen LogP contribution < -0.4 is 10.6 Å². The molecule has 3 nitrogen and oxygen atoms in total. The van der Waals surface area contributed by atoms with E-state index in [0.717, 1.165) is 35.4 Å². The van der Waals surface area contributed by atoms with Crippen molar-refractivity contribution in [1.82, 2.24) is 0 Å². The van der Waals surface area contributed by atoms with E-state index in [9.17, 15) is 18.0 Å². The molecule has 0 heterocycles. The molecule has 2 aromatic rings. The lowest BCUT2D eigenvalue weighted by Gasteiger charge is -2.14. The van der Waals surface area contributed by atoms with Gasteiger partial charge in [-0.05, 0) is 42.7 Å². The molecule has 128 valence electrons. The number of hydrogen-bond acceptors (Lipinski definition) is 2. The Kier molecular flexibility index (Phi) is 5.49. The molecule has 0 aromatic heterocycles. The largest absolute Gasteiger partial charge is 0.416 e. The van der Waals surface area contributed by atoms with Gasteiger partial charge in [0.05, 0.1) is 12.1 Å². The molecule has 0 fully saturated rings. The summed E-state index contributed by atoms with van der Waals surface area (Å²) in [6.45, 7) is 3.93. The standard InChI is InChI=1S/C18H19F3N2O/c1-3-13-7-4-6-12(2)17(13)22-11-16(24)23-15-9-5-8-14(10-15)18(19,20)21/h4-10,22H,3,11H2,1-2H3,(H,23,24). The third-order valence-corrected chi connectivity index (χ3v) is 3.64. The average molecular weight is 336 g/mol. The summed E-state index contributed by atoms with van der Waals surface area (Å²) >= 11 is 0. The third-order valence-electron chi connectivity index (χ3n) is 3.64. The van der Waals surface area contributed by atoms with Crippen LogP contribution in [0.3, 0.4) is 0 Å². The number of nitrogens with one attached hydrogen (secondary N) is 2. The molecular weight excluding hydrogens is 317 g/mol. The number of halogens is 3. The summed E-state index contributed by atoms with van der Waals surface area (Å²) < 4.78 is 38.0. The Hall–Kier alpha value is -2.50. The minimum atomic E-state index is -4.43. The van der Waals surface area contributed by atoms with Crippen LogP contribution in [-0.4, -0.2) is 12.5 Å². The van der Waals surface area contributed by atoms with Crippen molar-refractivity contribution in [2.45, 2.75) is 26.4 Å². The van der Waals surface area contributed by atoms with Gasteiger partial charge in [-0.1, -0.05) is 31.2 Å². The molecule has 2 N–H and O–H groups in total. The molecule has 2 rings (SSSR count). The van der Waals surface area contributed by atoms with Crippen molar-refractivity contribution in [3.8, 4) is 0 Å². The molecule has 1 amide bonds. The highest BCUT2D eigenvalue weighted by Crippen LogP contribution is 2.30. The van der Waals surface area contributed by atoms with Gasteiger partial charge in [0.1, 0.15) is 0 Å². The van der Waals surface area contributed by atoms with Gasteiger partial charge in [-0.25, -0.2) is 0 Å². The molecule has 0 aliphatic rings. The molecule has 0 radical (unpaired) electrons. The van der Waals surface area contributed by atoms with Crippen LogP contribution in [0.15, 0.2) is 42.5 Å². The van der Waals surface area contributed by atoms with E-state index in [1.807, 2.05) is 32.0 Å². The van der Waals surface area contributed by atoms with Gasteiger partial charge in [0.25, 0.3) is 0 Å². The lowest BCUT2D eigenvalue weighted by atomic mass is 10.1. The van der Waals surface area contributed by atoms with E-state index < -0.39 is 17.6 Å². The van der Waals surface area contributed by atoms with Crippen LogP contribution in [0, 0.1) is 6.92 Å². The Morgan fingerprint density at radius 3 is 2.50 bits per heavy atom. The van der Waals surface area contributed by atoms with E-state index in [1.54, 1.807) is 0 Å². The molecule has 0 aliphatic heterocycles. The molecular formula is C18H19F3N2O. The first kappa shape index (κ1) is 17.8. The predicted molar refractivity (Wildman–Crippen MR) is 89.1 cm³/mol. The van der Waals surface area contributed by atoms with Crippen molar-refractivity contribution in [3.63, 3.8) is 0 Å². The van der Waals surface area contributed by atoms with Crippen molar-refractivity contribution in [2.75, 3.05) is 17.2 Å². The van der Waals surface area contributed by atoms with Gasteiger partial charge >= 0.3 is 6.18 Å². The SMILES string of the molecule is CCc1cccc(C)c1NCC(=O)Nc1cccc(C(F)(F)F)c1. The van der Waals surface area contributed by atoms with E-state index in [0.29, 0.717) is 0 Å². The van der Waals surface area contributed by atoms with Crippen LogP contribution >= 0.6 is 0 Å². The Morgan fingerprint density at radius 2 is 1.83 bits per heavy atom. The number of hydrogen-bond donors (Lipinski definition) is 2. The number of anilines is 2. The molecule has 6 heteroatoms. The van der Waals surface area contributed by atoms with E-state index in [4.69, 9.17) is 0 Å². The molecule has 0 bridgehead atoms. The van der Waals surface area contributed by atoms with Crippen molar-refractivity contribution in [3.05, 3.63) is 59.2 Å². The summed E-state index contributed by atoms with van der Waals surface area (Å²) in [7, 11) is 0. The molecule has 0 saturated carbocycles. The van der Waals surface area contributed by atoms with Crippen LogP contribution in [0.4, 0.5) is 24.5 Å². The lowest BCUT2D eigenvalue weighted by molar-refractivity contribution is -0.137. The number of aryl methyl sites for hydroxylation is 2. The van der Waals surface area contributed by atoms with Crippen molar-refractivity contribution < 1.29 is 18.0 Å². The maximum Gasteiger partial charge on any atom is 0.416 e. The van der Waals surface area contributed by atoms with Gasteiger partial charge in [0, 0.05) is 11.4 Å². The number of amides is 1. The maximum atomic E-state index is 12.7. The first-order valence-electron chi connectivity index (χ1n) is 7.60. The molecule has 0 spiro atoms. The van der Waals surface area contributed by atoms with Gasteiger partial charge in [0.15, 0.2) is 0 Å². The summed E-state index contributed by atoms with van der Waals surface area (Å²) in [6, 6.07) is 10.4. The summed E-state index contributed by atoms with van der Waals surface area (Å²) in [5.41, 5.74) is 2.32. The normalized spacial score (nSPS) is 11.2. The smallest absolute Gasteiger partial charge is 0.376 e. The van der Waals surface area contributed by atoms with Gasteiger partial charge in [-0.2, -0.15) is 13.2 Å². The number of carbonyl (C=O) groups excluding carboxylic acids is 1. The fraction of sp³-hybridized carbons (Fsp3) is 0.278. The van der Waals surface area contributed by atoms with Crippen LogP contribution in [0.5, 0.6) is 0 Å². The summed E-state index contributed by atoms with van der Waals surface area (Å²) in [4.78, 5) is 12.0. The van der Waals surface area contributed by atoms with Crippen molar-refractivity contribution >= 4 is 17.3 Å². The minimum Gasteiger partial charge on any atom is -0.376 e. The van der Waals surface area contributed by atoms with E-state index in [-0.39, 0.29) is 12.2 Å². The topological polar surface area (TPSA) is 41.1 Å². The van der Waals surface area contributed by atoms with E-state index in [2.05, 4.69) is 10.6 Å². The summed E-state index contributed by atoms with van der Waals surface area (Å²) in [5, 5.41) is 5.54. The Morgan fingerprint density at radius 1 is 1.12 bits per heavy atom. The third kappa shape index (κ3) is 4.50. The van der Waals surface area contributed by atoms with E-state index in [1.165, 1.54) is 12.1 Å². The lowest BCUT2D eigenvalue weighted by Crippen LogP contribution is -2.22. The first-order valence-corrected chi connectivity index (χ1v) is 7.60. The van der Waals surface area contributed by atoms with Gasteiger partial charge < -0.3 is 10.6 Å².